The van der Waals surface area contributed by atoms with Gasteiger partial charge < -0.3 is 10.6 Å². The van der Waals surface area contributed by atoms with E-state index < -0.39 is 0 Å². The van der Waals surface area contributed by atoms with E-state index in [1.165, 1.54) is 0 Å². The van der Waals surface area contributed by atoms with Crippen LogP contribution in [0.25, 0.3) is 10.9 Å². The number of benzene rings is 1. The number of aromatic nitrogens is 1. The number of hydrogen-bond acceptors (Lipinski definition) is 3. The van der Waals surface area contributed by atoms with Crippen molar-refractivity contribution in [1.82, 2.24) is 4.98 Å². The van der Waals surface area contributed by atoms with Gasteiger partial charge >= 0.3 is 0 Å². The summed E-state index contributed by atoms with van der Waals surface area (Å²) in [5.41, 5.74) is 8.82. The molecule has 0 saturated heterocycles. The van der Waals surface area contributed by atoms with Gasteiger partial charge in [-0.05, 0) is 38.1 Å². The van der Waals surface area contributed by atoms with Crippen LogP contribution in [0.15, 0.2) is 30.5 Å². The van der Waals surface area contributed by atoms with Gasteiger partial charge in [0.1, 0.15) is 0 Å². The third-order valence-electron chi connectivity index (χ3n) is 2.94. The molecule has 2 rings (SSSR count). The molecule has 0 aliphatic carbocycles. The Kier molecular flexibility index (Phi) is 2.69. The second kappa shape index (κ2) is 4.00. The van der Waals surface area contributed by atoms with E-state index in [-0.39, 0.29) is 0 Å². The fourth-order valence-corrected chi connectivity index (χ4v) is 1.74. The van der Waals surface area contributed by atoms with Crippen molar-refractivity contribution in [3.05, 3.63) is 30.5 Å². The van der Waals surface area contributed by atoms with Gasteiger partial charge in [0, 0.05) is 30.4 Å². The molecule has 0 amide bonds. The van der Waals surface area contributed by atoms with Crippen LogP contribution >= 0.6 is 0 Å². The lowest BCUT2D eigenvalue weighted by atomic mass is 10.1. The van der Waals surface area contributed by atoms with Crippen LogP contribution in [-0.4, -0.2) is 18.1 Å². The molecular formula is C13H17N3. The molecule has 1 aromatic carbocycles. The van der Waals surface area contributed by atoms with Gasteiger partial charge in [0.05, 0.1) is 11.2 Å². The number of rotatable bonds is 2. The smallest absolute Gasteiger partial charge is 0.0955 e. The van der Waals surface area contributed by atoms with Crippen molar-refractivity contribution >= 4 is 22.3 Å². The molecular weight excluding hydrogens is 198 g/mol. The first-order chi connectivity index (χ1) is 7.61. The summed E-state index contributed by atoms with van der Waals surface area (Å²) < 4.78 is 0. The molecule has 0 saturated carbocycles. The second-order valence-electron chi connectivity index (χ2n) is 4.28. The predicted molar refractivity (Wildman–Crippen MR) is 69.7 cm³/mol. The Bertz CT molecular complexity index is 506. The maximum absolute atomic E-state index is 5.94. The molecule has 2 N–H and O–H groups in total. The van der Waals surface area contributed by atoms with Crippen LogP contribution in [0.2, 0.25) is 0 Å². The zero-order chi connectivity index (χ0) is 11.7. The highest BCUT2D eigenvalue weighted by Crippen LogP contribution is 2.29. The molecule has 2 aromatic rings. The van der Waals surface area contributed by atoms with Crippen molar-refractivity contribution in [3.63, 3.8) is 0 Å². The lowest BCUT2D eigenvalue weighted by Crippen LogP contribution is -2.25. The molecule has 0 aliphatic heterocycles. The molecule has 1 aromatic heterocycles. The van der Waals surface area contributed by atoms with Gasteiger partial charge in [-0.2, -0.15) is 0 Å². The van der Waals surface area contributed by atoms with Crippen LogP contribution in [0.1, 0.15) is 13.8 Å². The molecule has 0 spiro atoms. The molecule has 0 radical (unpaired) electrons. The first kappa shape index (κ1) is 10.7. The van der Waals surface area contributed by atoms with Crippen LogP contribution in [0, 0.1) is 0 Å². The van der Waals surface area contributed by atoms with Gasteiger partial charge in [-0.25, -0.2) is 0 Å². The molecule has 16 heavy (non-hydrogen) atoms. The lowest BCUT2D eigenvalue weighted by Gasteiger charge is -2.25. The maximum atomic E-state index is 5.94. The van der Waals surface area contributed by atoms with Crippen LogP contribution in [0.5, 0.6) is 0 Å². The second-order valence-corrected chi connectivity index (χ2v) is 4.28. The van der Waals surface area contributed by atoms with E-state index in [2.05, 4.69) is 30.8 Å². The highest BCUT2D eigenvalue weighted by molar-refractivity contribution is 5.98. The summed E-state index contributed by atoms with van der Waals surface area (Å²) in [7, 11) is 2.07. The number of nitrogens with zero attached hydrogens (tertiary/aromatic N) is 2. The maximum Gasteiger partial charge on any atom is 0.0955 e. The minimum Gasteiger partial charge on any atom is -0.398 e. The van der Waals surface area contributed by atoms with Crippen molar-refractivity contribution < 1.29 is 0 Å². The van der Waals surface area contributed by atoms with Crippen molar-refractivity contribution in [3.8, 4) is 0 Å². The van der Waals surface area contributed by atoms with Crippen molar-refractivity contribution in [2.24, 2.45) is 0 Å². The molecule has 3 heteroatoms. The van der Waals surface area contributed by atoms with Crippen molar-refractivity contribution in [2.45, 2.75) is 19.9 Å². The molecule has 0 fully saturated rings. The molecule has 3 nitrogen and oxygen atoms in total. The number of pyridine rings is 1. The van der Waals surface area contributed by atoms with Gasteiger partial charge in [0.15, 0.2) is 0 Å². The van der Waals surface area contributed by atoms with Crippen LogP contribution in [-0.2, 0) is 0 Å². The Labute approximate surface area is 95.9 Å². The first-order valence-corrected chi connectivity index (χ1v) is 5.47. The SMILES string of the molecule is CC(C)N(C)c1ccc(N)c2cccnc12. The van der Waals surface area contributed by atoms with Gasteiger partial charge in [0.2, 0.25) is 0 Å². The van der Waals surface area contributed by atoms with Crippen molar-refractivity contribution in [2.75, 3.05) is 17.7 Å². The number of anilines is 2. The number of hydrogen-bond donors (Lipinski definition) is 1. The van der Waals surface area contributed by atoms with Gasteiger partial charge in [-0.15, -0.1) is 0 Å². The summed E-state index contributed by atoms with van der Waals surface area (Å²) in [6, 6.07) is 8.34. The zero-order valence-corrected chi connectivity index (χ0v) is 9.94. The van der Waals surface area contributed by atoms with E-state index in [4.69, 9.17) is 5.73 Å². The Morgan fingerprint density at radius 1 is 1.25 bits per heavy atom. The summed E-state index contributed by atoms with van der Waals surface area (Å²) in [4.78, 5) is 6.63. The minimum atomic E-state index is 0.439. The average molecular weight is 215 g/mol. The molecule has 84 valence electrons. The Balaban J connectivity index is 2.67. The van der Waals surface area contributed by atoms with Crippen LogP contribution < -0.4 is 10.6 Å². The largest absolute Gasteiger partial charge is 0.398 e. The topological polar surface area (TPSA) is 42.1 Å². The average Bonchev–Trinajstić information content (AvgIpc) is 2.29. The standard InChI is InChI=1S/C13H17N3/c1-9(2)16(3)12-7-6-11(14)10-5-4-8-15-13(10)12/h4-9H,14H2,1-3H3. The highest BCUT2D eigenvalue weighted by atomic mass is 15.1. The quantitative estimate of drug-likeness (QED) is 0.783. The van der Waals surface area contributed by atoms with E-state index >= 15 is 0 Å². The summed E-state index contributed by atoms with van der Waals surface area (Å²) in [5, 5.41) is 1.02. The lowest BCUT2D eigenvalue weighted by molar-refractivity contribution is 0.756. The summed E-state index contributed by atoms with van der Waals surface area (Å²) in [6.07, 6.45) is 1.80. The Hall–Kier alpha value is -1.77. The van der Waals surface area contributed by atoms with Gasteiger partial charge in [-0.1, -0.05) is 0 Å². The van der Waals surface area contributed by atoms with Crippen molar-refractivity contribution in [1.29, 1.82) is 0 Å². The Morgan fingerprint density at radius 3 is 2.69 bits per heavy atom. The van der Waals surface area contributed by atoms with E-state index in [1.54, 1.807) is 6.20 Å². The summed E-state index contributed by atoms with van der Waals surface area (Å²) in [6.45, 7) is 4.32. The van der Waals surface area contributed by atoms with E-state index in [1.807, 2.05) is 24.3 Å². The third-order valence-corrected chi connectivity index (χ3v) is 2.94. The number of fused-ring (bicyclic) bond motifs is 1. The van der Waals surface area contributed by atoms with Gasteiger partial charge in [-0.3, -0.25) is 4.98 Å². The van der Waals surface area contributed by atoms with Crippen LogP contribution in [0.3, 0.4) is 0 Å². The van der Waals surface area contributed by atoms with E-state index in [9.17, 15) is 0 Å². The molecule has 0 bridgehead atoms. The molecule has 0 aliphatic rings. The molecule has 0 unspecified atom stereocenters. The monoisotopic (exact) mass is 215 g/mol. The predicted octanol–water partition coefficient (Wildman–Crippen LogP) is 2.66. The van der Waals surface area contributed by atoms with Gasteiger partial charge in [0.25, 0.3) is 0 Å². The normalized spacial score (nSPS) is 11.0. The highest BCUT2D eigenvalue weighted by Gasteiger charge is 2.10. The first-order valence-electron chi connectivity index (χ1n) is 5.47. The summed E-state index contributed by atoms with van der Waals surface area (Å²) >= 11 is 0. The number of nitrogens with two attached hydrogens (primary N) is 1. The molecule has 0 atom stereocenters. The summed E-state index contributed by atoms with van der Waals surface area (Å²) in [5.74, 6) is 0. The minimum absolute atomic E-state index is 0.439. The fraction of sp³-hybridized carbons (Fsp3) is 0.308. The fourth-order valence-electron chi connectivity index (χ4n) is 1.74. The Morgan fingerprint density at radius 2 is 2.00 bits per heavy atom. The van der Waals surface area contributed by atoms with E-state index in [0.29, 0.717) is 6.04 Å². The number of nitrogen functional groups attached to an aromatic ring is 1. The van der Waals surface area contributed by atoms with Crippen LogP contribution in [0.4, 0.5) is 11.4 Å². The molecule has 1 heterocycles. The zero-order valence-electron chi connectivity index (χ0n) is 9.94. The van der Waals surface area contributed by atoms with E-state index in [0.717, 1.165) is 22.3 Å². The third kappa shape index (κ3) is 1.69.